The summed E-state index contributed by atoms with van der Waals surface area (Å²) in [4.78, 5) is -0.000180. The van der Waals surface area contributed by atoms with Gasteiger partial charge < -0.3 is 9.47 Å². The van der Waals surface area contributed by atoms with Crippen molar-refractivity contribution in [1.82, 2.24) is 0 Å². The standard InChI is InChI=1S/C16H22BrFO2/c1-16(2)7-5-6-11(16)15(17)10-8-13(19-3)14(20-4)9-12(10)18/h8-9,11,15H,5-7H2,1-4H3. The van der Waals surface area contributed by atoms with Gasteiger partial charge in [0.05, 0.1) is 14.2 Å². The molecule has 1 saturated carbocycles. The van der Waals surface area contributed by atoms with Crippen molar-refractivity contribution in [3.8, 4) is 11.5 Å². The third-order valence-corrected chi connectivity index (χ3v) is 5.62. The lowest BCUT2D eigenvalue weighted by molar-refractivity contribution is 0.254. The molecule has 4 heteroatoms. The molecule has 1 aliphatic rings. The van der Waals surface area contributed by atoms with E-state index >= 15 is 0 Å². The molecule has 112 valence electrons. The molecule has 1 aromatic rings. The minimum absolute atomic E-state index is 0.000180. The molecule has 0 bridgehead atoms. The minimum atomic E-state index is -0.243. The van der Waals surface area contributed by atoms with Crippen molar-refractivity contribution in [3.63, 3.8) is 0 Å². The molecule has 0 saturated heterocycles. The van der Waals surface area contributed by atoms with E-state index in [2.05, 4.69) is 29.8 Å². The summed E-state index contributed by atoms with van der Waals surface area (Å²) in [5.41, 5.74) is 0.885. The molecular weight excluding hydrogens is 323 g/mol. The number of methoxy groups -OCH3 is 2. The van der Waals surface area contributed by atoms with Gasteiger partial charge in [-0.1, -0.05) is 36.2 Å². The van der Waals surface area contributed by atoms with Crippen LogP contribution in [0.1, 0.15) is 43.5 Å². The van der Waals surface area contributed by atoms with Crippen molar-refractivity contribution >= 4 is 15.9 Å². The van der Waals surface area contributed by atoms with Crippen molar-refractivity contribution in [2.75, 3.05) is 14.2 Å². The second-order valence-corrected chi connectivity index (χ2v) is 7.10. The molecule has 1 aliphatic carbocycles. The van der Waals surface area contributed by atoms with E-state index in [1.54, 1.807) is 13.2 Å². The first-order chi connectivity index (χ1) is 9.40. The van der Waals surface area contributed by atoms with Crippen LogP contribution < -0.4 is 9.47 Å². The molecule has 0 radical (unpaired) electrons. The maximum atomic E-state index is 14.3. The highest BCUT2D eigenvalue weighted by Gasteiger charge is 2.40. The highest BCUT2D eigenvalue weighted by atomic mass is 79.9. The van der Waals surface area contributed by atoms with E-state index in [-0.39, 0.29) is 16.1 Å². The summed E-state index contributed by atoms with van der Waals surface area (Å²) < 4.78 is 24.8. The fraction of sp³-hybridized carbons (Fsp3) is 0.625. The molecule has 0 N–H and O–H groups in total. The summed E-state index contributed by atoms with van der Waals surface area (Å²) in [7, 11) is 3.09. The smallest absolute Gasteiger partial charge is 0.163 e. The van der Waals surface area contributed by atoms with E-state index in [0.717, 1.165) is 6.42 Å². The van der Waals surface area contributed by atoms with Gasteiger partial charge in [-0.3, -0.25) is 0 Å². The van der Waals surface area contributed by atoms with Gasteiger partial charge in [0, 0.05) is 16.5 Å². The van der Waals surface area contributed by atoms with Gasteiger partial charge in [0.15, 0.2) is 11.5 Å². The van der Waals surface area contributed by atoms with Crippen LogP contribution in [0.25, 0.3) is 0 Å². The van der Waals surface area contributed by atoms with Crippen LogP contribution in [0.3, 0.4) is 0 Å². The van der Waals surface area contributed by atoms with E-state index in [9.17, 15) is 4.39 Å². The highest BCUT2D eigenvalue weighted by Crippen LogP contribution is 2.53. The lowest BCUT2D eigenvalue weighted by Crippen LogP contribution is -2.22. The fourth-order valence-corrected chi connectivity index (χ4v) is 4.52. The molecule has 0 heterocycles. The second-order valence-electron chi connectivity index (χ2n) is 6.12. The highest BCUT2D eigenvalue weighted by molar-refractivity contribution is 9.09. The first-order valence-corrected chi connectivity index (χ1v) is 7.87. The van der Waals surface area contributed by atoms with E-state index in [4.69, 9.17) is 9.47 Å². The average Bonchev–Trinajstić information content (AvgIpc) is 2.77. The van der Waals surface area contributed by atoms with Gasteiger partial charge in [-0.15, -0.1) is 0 Å². The Morgan fingerprint density at radius 3 is 2.35 bits per heavy atom. The molecule has 2 atom stereocenters. The van der Waals surface area contributed by atoms with Gasteiger partial charge in [-0.2, -0.15) is 0 Å². The van der Waals surface area contributed by atoms with Crippen molar-refractivity contribution in [1.29, 1.82) is 0 Å². The van der Waals surface area contributed by atoms with Gasteiger partial charge in [0.2, 0.25) is 0 Å². The Morgan fingerprint density at radius 2 is 1.85 bits per heavy atom. The fourth-order valence-electron chi connectivity index (χ4n) is 3.19. The van der Waals surface area contributed by atoms with Crippen LogP contribution in [-0.4, -0.2) is 14.2 Å². The molecule has 0 spiro atoms. The van der Waals surface area contributed by atoms with E-state index < -0.39 is 0 Å². The van der Waals surface area contributed by atoms with Gasteiger partial charge in [-0.25, -0.2) is 4.39 Å². The third kappa shape index (κ3) is 2.80. The van der Waals surface area contributed by atoms with E-state index in [1.165, 1.54) is 26.0 Å². The summed E-state index contributed by atoms with van der Waals surface area (Å²) in [5.74, 6) is 1.19. The normalized spacial score (nSPS) is 22.6. The molecule has 0 aliphatic heterocycles. The van der Waals surface area contributed by atoms with Crippen LogP contribution in [0.4, 0.5) is 4.39 Å². The Hall–Kier alpha value is -0.770. The average molecular weight is 345 g/mol. The van der Waals surface area contributed by atoms with Crippen molar-refractivity contribution in [2.24, 2.45) is 11.3 Å². The molecule has 0 amide bonds. The van der Waals surface area contributed by atoms with Crippen LogP contribution >= 0.6 is 15.9 Å². The van der Waals surface area contributed by atoms with Crippen LogP contribution in [0.5, 0.6) is 11.5 Å². The zero-order valence-corrected chi connectivity index (χ0v) is 14.1. The largest absolute Gasteiger partial charge is 0.493 e. The molecule has 1 fully saturated rings. The Morgan fingerprint density at radius 1 is 1.25 bits per heavy atom. The lowest BCUT2D eigenvalue weighted by atomic mass is 9.78. The van der Waals surface area contributed by atoms with Crippen molar-refractivity contribution < 1.29 is 13.9 Å². The maximum absolute atomic E-state index is 14.3. The van der Waals surface area contributed by atoms with Gasteiger partial charge in [0.25, 0.3) is 0 Å². The quantitative estimate of drug-likeness (QED) is 0.707. The van der Waals surface area contributed by atoms with Crippen molar-refractivity contribution in [3.05, 3.63) is 23.5 Å². The predicted octanol–water partition coefficient (Wildman–Crippen LogP) is 5.11. The number of hydrogen-bond acceptors (Lipinski definition) is 2. The Kier molecular flexibility index (Phi) is 4.62. The predicted molar refractivity (Wildman–Crippen MR) is 82.3 cm³/mol. The first kappa shape index (κ1) is 15.6. The molecule has 20 heavy (non-hydrogen) atoms. The van der Waals surface area contributed by atoms with Crippen LogP contribution in [-0.2, 0) is 0 Å². The number of alkyl halides is 1. The van der Waals surface area contributed by atoms with Crippen LogP contribution in [0.2, 0.25) is 0 Å². The first-order valence-electron chi connectivity index (χ1n) is 6.96. The summed E-state index contributed by atoms with van der Waals surface area (Å²) in [6.45, 7) is 4.52. The molecule has 0 aromatic heterocycles. The SMILES string of the molecule is COc1cc(F)c(C(Br)C2CCCC2(C)C)cc1OC. The number of ether oxygens (including phenoxy) is 2. The number of benzene rings is 1. The second kappa shape index (κ2) is 5.92. The number of halogens is 2. The monoisotopic (exact) mass is 344 g/mol. The van der Waals surface area contributed by atoms with Crippen molar-refractivity contribution in [2.45, 2.75) is 37.9 Å². The molecular formula is C16H22BrFO2. The maximum Gasteiger partial charge on any atom is 0.163 e. The van der Waals surface area contributed by atoms with Crippen LogP contribution in [0, 0.1) is 17.2 Å². The molecule has 2 unspecified atom stereocenters. The van der Waals surface area contributed by atoms with Gasteiger partial charge in [-0.05, 0) is 30.2 Å². The Balaban J connectivity index is 2.37. The molecule has 1 aromatic carbocycles. The zero-order chi connectivity index (χ0) is 14.9. The summed E-state index contributed by atoms with van der Waals surface area (Å²) in [6, 6.07) is 3.16. The lowest BCUT2D eigenvalue weighted by Gasteiger charge is -2.31. The third-order valence-electron chi connectivity index (χ3n) is 4.49. The number of rotatable bonds is 4. The topological polar surface area (TPSA) is 18.5 Å². The van der Waals surface area contributed by atoms with E-state index in [0.29, 0.717) is 23.0 Å². The Bertz CT molecular complexity index is 488. The van der Waals surface area contributed by atoms with E-state index in [1.807, 2.05) is 0 Å². The Labute approximate surface area is 128 Å². The zero-order valence-electron chi connectivity index (χ0n) is 12.5. The summed E-state index contributed by atoms with van der Waals surface area (Å²) in [5, 5.41) is 0. The van der Waals surface area contributed by atoms with Crippen LogP contribution in [0.15, 0.2) is 12.1 Å². The molecule has 2 nitrogen and oxygen atoms in total. The van der Waals surface area contributed by atoms with Gasteiger partial charge >= 0.3 is 0 Å². The minimum Gasteiger partial charge on any atom is -0.493 e. The summed E-state index contributed by atoms with van der Waals surface area (Å²) >= 11 is 3.71. The molecule has 2 rings (SSSR count). The number of hydrogen-bond donors (Lipinski definition) is 0. The van der Waals surface area contributed by atoms with Gasteiger partial charge in [0.1, 0.15) is 5.82 Å². The summed E-state index contributed by atoms with van der Waals surface area (Å²) in [6.07, 6.45) is 3.51.